The lowest BCUT2D eigenvalue weighted by Crippen LogP contribution is -2.17. The summed E-state index contributed by atoms with van der Waals surface area (Å²) in [5.41, 5.74) is 11.3. The van der Waals surface area contributed by atoms with Crippen molar-refractivity contribution in [3.05, 3.63) is 64.7 Å². The second-order valence-electron chi connectivity index (χ2n) is 5.63. The molecule has 2 N–H and O–H groups in total. The molecule has 1 aliphatic rings. The van der Waals surface area contributed by atoms with Crippen molar-refractivity contribution >= 4 is 0 Å². The van der Waals surface area contributed by atoms with Gasteiger partial charge in [0.25, 0.3) is 0 Å². The molecule has 0 fully saturated rings. The van der Waals surface area contributed by atoms with Gasteiger partial charge in [-0.15, -0.1) is 0 Å². The molecule has 0 aliphatic heterocycles. The van der Waals surface area contributed by atoms with E-state index in [1.165, 1.54) is 28.7 Å². The molecule has 3 rings (SSSR count). The maximum Gasteiger partial charge on any atom is 0.120 e. The zero-order chi connectivity index (χ0) is 13.9. The highest BCUT2D eigenvalue weighted by molar-refractivity contribution is 5.39. The third-order valence-electron chi connectivity index (χ3n) is 4.00. The van der Waals surface area contributed by atoms with Gasteiger partial charge >= 0.3 is 0 Å². The highest BCUT2D eigenvalue weighted by Crippen LogP contribution is 2.31. The summed E-state index contributed by atoms with van der Waals surface area (Å²) >= 11 is 0. The monoisotopic (exact) mass is 267 g/mol. The van der Waals surface area contributed by atoms with Crippen molar-refractivity contribution in [1.82, 2.24) is 0 Å². The van der Waals surface area contributed by atoms with Crippen LogP contribution in [0.15, 0.2) is 42.5 Å². The molecular weight excluding hydrogens is 246 g/mol. The number of aryl methyl sites for hydroxylation is 2. The minimum absolute atomic E-state index is 0.168. The highest BCUT2D eigenvalue weighted by atomic mass is 16.5. The Morgan fingerprint density at radius 3 is 2.75 bits per heavy atom. The molecule has 2 heteroatoms. The lowest BCUT2D eigenvalue weighted by Gasteiger charge is -2.22. The largest absolute Gasteiger partial charge is 0.489 e. The Kier molecular flexibility index (Phi) is 3.75. The van der Waals surface area contributed by atoms with Crippen LogP contribution in [0.25, 0.3) is 0 Å². The fourth-order valence-electron chi connectivity index (χ4n) is 2.75. The number of hydrogen-bond acceptors (Lipinski definition) is 2. The van der Waals surface area contributed by atoms with E-state index in [0.29, 0.717) is 6.61 Å². The Morgan fingerprint density at radius 2 is 1.95 bits per heavy atom. The minimum Gasteiger partial charge on any atom is -0.489 e. The molecule has 1 aliphatic carbocycles. The molecule has 2 nitrogen and oxygen atoms in total. The van der Waals surface area contributed by atoms with E-state index >= 15 is 0 Å². The van der Waals surface area contributed by atoms with Crippen molar-refractivity contribution in [3.8, 4) is 5.75 Å². The topological polar surface area (TPSA) is 35.2 Å². The third-order valence-corrected chi connectivity index (χ3v) is 4.00. The van der Waals surface area contributed by atoms with Gasteiger partial charge in [0.2, 0.25) is 0 Å². The van der Waals surface area contributed by atoms with Crippen molar-refractivity contribution in [1.29, 1.82) is 0 Å². The van der Waals surface area contributed by atoms with E-state index in [1.807, 2.05) is 0 Å². The molecule has 0 heterocycles. The van der Waals surface area contributed by atoms with Gasteiger partial charge in [-0.25, -0.2) is 0 Å². The van der Waals surface area contributed by atoms with Gasteiger partial charge in [-0.05, 0) is 55.0 Å². The van der Waals surface area contributed by atoms with E-state index in [4.69, 9.17) is 10.5 Å². The van der Waals surface area contributed by atoms with Crippen LogP contribution in [0.1, 0.15) is 41.1 Å². The summed E-state index contributed by atoms with van der Waals surface area (Å²) in [6.07, 6.45) is 3.41. The van der Waals surface area contributed by atoms with Crippen LogP contribution < -0.4 is 10.5 Å². The van der Waals surface area contributed by atoms with Gasteiger partial charge in [0.05, 0.1) is 0 Å². The van der Waals surface area contributed by atoms with Crippen molar-refractivity contribution < 1.29 is 4.74 Å². The SMILES string of the molecule is Cc1ccc(COc2ccc3c(c2)[C@@H](N)CCC3)cc1. The van der Waals surface area contributed by atoms with Crippen molar-refractivity contribution in [2.45, 2.75) is 38.8 Å². The van der Waals surface area contributed by atoms with Gasteiger partial charge in [0.1, 0.15) is 12.4 Å². The molecule has 0 saturated carbocycles. The summed E-state index contributed by atoms with van der Waals surface area (Å²) in [6.45, 7) is 2.70. The predicted molar refractivity (Wildman–Crippen MR) is 81.8 cm³/mol. The molecule has 0 bridgehead atoms. The minimum atomic E-state index is 0.168. The number of fused-ring (bicyclic) bond motifs is 1. The van der Waals surface area contributed by atoms with E-state index in [9.17, 15) is 0 Å². The van der Waals surface area contributed by atoms with E-state index in [0.717, 1.165) is 18.6 Å². The van der Waals surface area contributed by atoms with Crippen LogP contribution in [0.5, 0.6) is 5.75 Å². The molecule has 0 aromatic heterocycles. The molecule has 0 saturated heterocycles. The summed E-state index contributed by atoms with van der Waals surface area (Å²) in [5, 5.41) is 0. The molecule has 0 spiro atoms. The van der Waals surface area contributed by atoms with Crippen molar-refractivity contribution in [3.63, 3.8) is 0 Å². The third kappa shape index (κ3) is 2.86. The van der Waals surface area contributed by atoms with Crippen LogP contribution in [-0.2, 0) is 13.0 Å². The molecule has 0 unspecified atom stereocenters. The Labute approximate surface area is 120 Å². The van der Waals surface area contributed by atoms with Gasteiger partial charge in [0, 0.05) is 6.04 Å². The maximum atomic E-state index is 6.18. The number of ether oxygens (including phenoxy) is 1. The Hall–Kier alpha value is -1.80. The lowest BCUT2D eigenvalue weighted by atomic mass is 9.88. The van der Waals surface area contributed by atoms with E-state index in [-0.39, 0.29) is 6.04 Å². The summed E-state index contributed by atoms with van der Waals surface area (Å²) in [5.74, 6) is 0.918. The summed E-state index contributed by atoms with van der Waals surface area (Å²) in [6, 6.07) is 15.0. The Balaban J connectivity index is 1.72. The quantitative estimate of drug-likeness (QED) is 0.915. The standard InChI is InChI=1S/C18H21NO/c1-13-5-7-14(8-6-13)12-20-16-10-9-15-3-2-4-18(19)17(15)11-16/h5-11,18H,2-4,12,19H2,1H3/t18-/m0/s1. The first-order valence-corrected chi connectivity index (χ1v) is 7.29. The van der Waals surface area contributed by atoms with Gasteiger partial charge < -0.3 is 10.5 Å². The molecule has 1 atom stereocenters. The fraction of sp³-hybridized carbons (Fsp3) is 0.333. The second kappa shape index (κ2) is 5.68. The number of nitrogens with two attached hydrogens (primary N) is 1. The highest BCUT2D eigenvalue weighted by Gasteiger charge is 2.17. The van der Waals surface area contributed by atoms with Crippen molar-refractivity contribution in [2.24, 2.45) is 5.73 Å². The molecule has 0 radical (unpaired) electrons. The number of benzene rings is 2. The average Bonchev–Trinajstić information content (AvgIpc) is 2.47. The molecule has 2 aromatic carbocycles. The van der Waals surface area contributed by atoms with Crippen molar-refractivity contribution in [2.75, 3.05) is 0 Å². The molecule has 20 heavy (non-hydrogen) atoms. The number of rotatable bonds is 3. The molecule has 104 valence electrons. The lowest BCUT2D eigenvalue weighted by molar-refractivity contribution is 0.305. The van der Waals surface area contributed by atoms with Crippen LogP contribution >= 0.6 is 0 Å². The maximum absolute atomic E-state index is 6.18. The molecular formula is C18H21NO. The first-order chi connectivity index (χ1) is 9.72. The molecule has 2 aromatic rings. The van der Waals surface area contributed by atoms with Crippen LogP contribution in [0.2, 0.25) is 0 Å². The zero-order valence-corrected chi connectivity index (χ0v) is 11.9. The van der Waals surface area contributed by atoms with Crippen LogP contribution in [0, 0.1) is 6.92 Å². The van der Waals surface area contributed by atoms with Crippen LogP contribution in [-0.4, -0.2) is 0 Å². The molecule has 0 amide bonds. The van der Waals surface area contributed by atoms with Gasteiger partial charge in [-0.2, -0.15) is 0 Å². The predicted octanol–water partition coefficient (Wildman–Crippen LogP) is 3.91. The number of hydrogen-bond donors (Lipinski definition) is 1. The van der Waals surface area contributed by atoms with Crippen LogP contribution in [0.4, 0.5) is 0 Å². The summed E-state index contributed by atoms with van der Waals surface area (Å²) in [4.78, 5) is 0. The smallest absolute Gasteiger partial charge is 0.120 e. The Morgan fingerprint density at radius 1 is 1.15 bits per heavy atom. The average molecular weight is 267 g/mol. The first kappa shape index (κ1) is 13.2. The summed E-state index contributed by atoms with van der Waals surface area (Å²) < 4.78 is 5.89. The fourth-order valence-corrected chi connectivity index (χ4v) is 2.75. The van der Waals surface area contributed by atoms with E-state index in [1.54, 1.807) is 0 Å². The summed E-state index contributed by atoms with van der Waals surface area (Å²) in [7, 11) is 0. The van der Waals surface area contributed by atoms with Crippen LogP contribution in [0.3, 0.4) is 0 Å². The van der Waals surface area contributed by atoms with Gasteiger partial charge in [-0.3, -0.25) is 0 Å². The van der Waals surface area contributed by atoms with Gasteiger partial charge in [0.15, 0.2) is 0 Å². The normalized spacial score (nSPS) is 17.6. The van der Waals surface area contributed by atoms with E-state index < -0.39 is 0 Å². The first-order valence-electron chi connectivity index (χ1n) is 7.29. The second-order valence-corrected chi connectivity index (χ2v) is 5.63. The van der Waals surface area contributed by atoms with Gasteiger partial charge in [-0.1, -0.05) is 35.9 Å². The van der Waals surface area contributed by atoms with E-state index in [2.05, 4.69) is 49.4 Å². The Bertz CT molecular complexity index is 589. The zero-order valence-electron chi connectivity index (χ0n) is 11.9.